The molecule has 0 aliphatic heterocycles. The van der Waals surface area contributed by atoms with E-state index < -0.39 is 11.6 Å². The molecule has 108 valence electrons. The van der Waals surface area contributed by atoms with Crippen molar-refractivity contribution in [3.63, 3.8) is 0 Å². The van der Waals surface area contributed by atoms with Crippen LogP contribution in [0.4, 0.5) is 8.78 Å². The lowest BCUT2D eigenvalue weighted by Gasteiger charge is -2.21. The molecule has 21 heavy (non-hydrogen) atoms. The maximum absolute atomic E-state index is 13.8. The number of hydrogen-bond donors (Lipinski definition) is 1. The zero-order valence-electron chi connectivity index (χ0n) is 12.2. The van der Waals surface area contributed by atoms with Gasteiger partial charge in [0.05, 0.1) is 5.52 Å². The molecular formula is C17H16F2N2. The van der Waals surface area contributed by atoms with Crippen LogP contribution in [0, 0.1) is 11.6 Å². The summed E-state index contributed by atoms with van der Waals surface area (Å²) in [7, 11) is 0. The minimum atomic E-state index is -0.652. The number of nitrogens with one attached hydrogen (secondary N) is 1. The van der Waals surface area contributed by atoms with Gasteiger partial charge in [-0.05, 0) is 17.0 Å². The van der Waals surface area contributed by atoms with Gasteiger partial charge < -0.3 is 4.98 Å². The second-order valence-corrected chi connectivity index (χ2v) is 6.16. The molecule has 0 aliphatic carbocycles. The predicted molar refractivity (Wildman–Crippen MR) is 80.1 cm³/mol. The van der Waals surface area contributed by atoms with E-state index in [0.29, 0.717) is 11.3 Å². The molecule has 0 spiro atoms. The highest BCUT2D eigenvalue weighted by molar-refractivity contribution is 5.80. The normalized spacial score (nSPS) is 12.0. The first-order valence-electron chi connectivity index (χ1n) is 6.81. The van der Waals surface area contributed by atoms with Crippen LogP contribution >= 0.6 is 0 Å². The van der Waals surface area contributed by atoms with Gasteiger partial charge >= 0.3 is 0 Å². The van der Waals surface area contributed by atoms with Crippen molar-refractivity contribution < 1.29 is 8.78 Å². The van der Waals surface area contributed by atoms with Crippen LogP contribution in [0.15, 0.2) is 36.4 Å². The monoisotopic (exact) mass is 286 g/mol. The van der Waals surface area contributed by atoms with Crippen LogP contribution in [0.25, 0.3) is 22.4 Å². The van der Waals surface area contributed by atoms with E-state index in [1.165, 1.54) is 6.07 Å². The number of nitrogens with zero attached hydrogens (tertiary/aromatic N) is 1. The highest BCUT2D eigenvalue weighted by Gasteiger charge is 2.20. The van der Waals surface area contributed by atoms with Gasteiger partial charge in [0.25, 0.3) is 0 Å². The van der Waals surface area contributed by atoms with Crippen molar-refractivity contribution in [3.05, 3.63) is 53.6 Å². The number of rotatable bonds is 1. The van der Waals surface area contributed by atoms with Gasteiger partial charge in [0, 0.05) is 11.6 Å². The lowest BCUT2D eigenvalue weighted by molar-refractivity contribution is 0.590. The molecule has 0 saturated heterocycles. The van der Waals surface area contributed by atoms with Crippen LogP contribution in [0.2, 0.25) is 0 Å². The molecule has 3 aromatic rings. The van der Waals surface area contributed by atoms with Crippen molar-refractivity contribution in [2.45, 2.75) is 26.2 Å². The Morgan fingerprint density at radius 2 is 1.76 bits per heavy atom. The van der Waals surface area contributed by atoms with Crippen LogP contribution in [0.1, 0.15) is 26.3 Å². The zero-order valence-corrected chi connectivity index (χ0v) is 12.2. The molecule has 0 saturated carbocycles. The van der Waals surface area contributed by atoms with Crippen LogP contribution in [0.3, 0.4) is 0 Å². The lowest BCUT2D eigenvalue weighted by atomic mass is 9.83. The van der Waals surface area contributed by atoms with Gasteiger partial charge in [-0.1, -0.05) is 45.0 Å². The molecule has 1 N–H and O–H groups in total. The van der Waals surface area contributed by atoms with Gasteiger partial charge in [0.1, 0.15) is 17.2 Å². The largest absolute Gasteiger partial charge is 0.338 e. The van der Waals surface area contributed by atoms with Crippen LogP contribution in [-0.4, -0.2) is 9.97 Å². The Kier molecular flexibility index (Phi) is 3.04. The zero-order chi connectivity index (χ0) is 15.2. The SMILES string of the molecule is CC(C)(C)c1ccccc1-c1nc2c(F)cc(F)cc2[nH]1. The molecule has 0 fully saturated rings. The number of benzene rings is 2. The van der Waals surface area contributed by atoms with Gasteiger partial charge in [0.2, 0.25) is 0 Å². The van der Waals surface area contributed by atoms with Crippen molar-refractivity contribution in [2.24, 2.45) is 0 Å². The van der Waals surface area contributed by atoms with E-state index >= 15 is 0 Å². The number of halogens is 2. The third kappa shape index (κ3) is 2.42. The molecule has 2 aromatic carbocycles. The quantitative estimate of drug-likeness (QED) is 0.683. The number of aromatic amines is 1. The highest BCUT2D eigenvalue weighted by Crippen LogP contribution is 2.32. The molecule has 0 bridgehead atoms. The Labute approximate surface area is 121 Å². The predicted octanol–water partition coefficient (Wildman–Crippen LogP) is 4.81. The van der Waals surface area contributed by atoms with Crippen molar-refractivity contribution in [1.82, 2.24) is 9.97 Å². The highest BCUT2D eigenvalue weighted by atomic mass is 19.1. The fourth-order valence-electron chi connectivity index (χ4n) is 2.51. The molecule has 0 amide bonds. The molecular weight excluding hydrogens is 270 g/mol. The second-order valence-electron chi connectivity index (χ2n) is 6.16. The first-order chi connectivity index (χ1) is 9.86. The lowest BCUT2D eigenvalue weighted by Crippen LogP contribution is -2.12. The minimum Gasteiger partial charge on any atom is -0.338 e. The van der Waals surface area contributed by atoms with Gasteiger partial charge in [-0.2, -0.15) is 0 Å². The number of imidazole rings is 1. The fourth-order valence-corrected chi connectivity index (χ4v) is 2.51. The fraction of sp³-hybridized carbons (Fsp3) is 0.235. The number of hydrogen-bond acceptors (Lipinski definition) is 1. The number of aromatic nitrogens is 2. The van der Waals surface area contributed by atoms with E-state index in [2.05, 4.69) is 30.7 Å². The summed E-state index contributed by atoms with van der Waals surface area (Å²) in [6, 6.07) is 9.95. The molecule has 3 rings (SSSR count). The third-order valence-electron chi connectivity index (χ3n) is 3.50. The van der Waals surface area contributed by atoms with Gasteiger partial charge in [-0.25, -0.2) is 13.8 Å². The Bertz CT molecular complexity index is 813. The minimum absolute atomic E-state index is 0.0701. The molecule has 0 unspecified atom stereocenters. The summed E-state index contributed by atoms with van der Waals surface area (Å²) in [4.78, 5) is 7.32. The second kappa shape index (κ2) is 4.65. The summed E-state index contributed by atoms with van der Waals surface area (Å²) in [6.07, 6.45) is 0. The molecule has 0 atom stereocenters. The summed E-state index contributed by atoms with van der Waals surface area (Å²) in [5.41, 5.74) is 2.46. The van der Waals surface area contributed by atoms with Gasteiger partial charge in [-0.3, -0.25) is 0 Å². The van der Waals surface area contributed by atoms with E-state index in [1.807, 2.05) is 24.3 Å². The summed E-state index contributed by atoms with van der Waals surface area (Å²) >= 11 is 0. The molecule has 1 aromatic heterocycles. The van der Waals surface area contributed by atoms with E-state index in [9.17, 15) is 8.78 Å². The average Bonchev–Trinajstić information content (AvgIpc) is 2.81. The van der Waals surface area contributed by atoms with Crippen molar-refractivity contribution in [3.8, 4) is 11.4 Å². The molecule has 2 nitrogen and oxygen atoms in total. The smallest absolute Gasteiger partial charge is 0.153 e. The van der Waals surface area contributed by atoms with E-state index in [1.54, 1.807) is 0 Å². The van der Waals surface area contributed by atoms with Crippen molar-refractivity contribution >= 4 is 11.0 Å². The third-order valence-corrected chi connectivity index (χ3v) is 3.50. The molecule has 4 heteroatoms. The average molecular weight is 286 g/mol. The van der Waals surface area contributed by atoms with Gasteiger partial charge in [-0.15, -0.1) is 0 Å². The molecule has 0 aliphatic rings. The maximum Gasteiger partial charge on any atom is 0.153 e. The van der Waals surface area contributed by atoms with Crippen molar-refractivity contribution in [1.29, 1.82) is 0 Å². The van der Waals surface area contributed by atoms with E-state index in [0.717, 1.165) is 17.2 Å². The van der Waals surface area contributed by atoms with Crippen LogP contribution < -0.4 is 0 Å². The Hall–Kier alpha value is -2.23. The first-order valence-corrected chi connectivity index (χ1v) is 6.81. The Balaban J connectivity index is 2.25. The van der Waals surface area contributed by atoms with E-state index in [4.69, 9.17) is 0 Å². The summed E-state index contributed by atoms with van der Waals surface area (Å²) in [6.45, 7) is 6.32. The summed E-state index contributed by atoms with van der Waals surface area (Å²) < 4.78 is 27.1. The Morgan fingerprint density at radius 1 is 1.05 bits per heavy atom. The maximum atomic E-state index is 13.8. The summed E-state index contributed by atoms with van der Waals surface area (Å²) in [5.74, 6) is -0.708. The first kappa shape index (κ1) is 13.7. The Morgan fingerprint density at radius 3 is 2.48 bits per heavy atom. The van der Waals surface area contributed by atoms with Crippen LogP contribution in [0.5, 0.6) is 0 Å². The number of H-pyrrole nitrogens is 1. The topological polar surface area (TPSA) is 28.7 Å². The summed E-state index contributed by atoms with van der Waals surface area (Å²) in [5, 5.41) is 0. The molecule has 1 heterocycles. The van der Waals surface area contributed by atoms with Crippen LogP contribution in [-0.2, 0) is 5.41 Å². The van der Waals surface area contributed by atoms with Crippen molar-refractivity contribution in [2.75, 3.05) is 0 Å². The number of fused-ring (bicyclic) bond motifs is 1. The van der Waals surface area contributed by atoms with E-state index in [-0.39, 0.29) is 10.9 Å². The van der Waals surface area contributed by atoms with Gasteiger partial charge in [0.15, 0.2) is 5.82 Å². The molecule has 0 radical (unpaired) electrons. The standard InChI is InChI=1S/C17H16F2N2/c1-17(2,3)12-7-5-4-6-11(12)16-20-14-9-10(18)8-13(19)15(14)21-16/h4-9H,1-3H3,(H,20,21).